The minimum absolute atomic E-state index is 0.0901. The number of amides is 1. The molecule has 23 heavy (non-hydrogen) atoms. The van der Waals surface area contributed by atoms with Crippen LogP contribution in [0.4, 0.5) is 0 Å². The first kappa shape index (κ1) is 15.9. The van der Waals surface area contributed by atoms with Crippen LogP contribution in [0, 0.1) is 6.92 Å². The quantitative estimate of drug-likeness (QED) is 0.720. The SMILES string of the molecule is Cc1ccsc1CCC(=O)NCc1ccnc(-c2cccs2)c1. The molecule has 0 unspecified atom stereocenters. The molecule has 3 aromatic rings. The number of carbonyl (C=O) groups excluding carboxylic acids is 1. The summed E-state index contributed by atoms with van der Waals surface area (Å²) in [6.07, 6.45) is 3.14. The second kappa shape index (κ2) is 7.53. The molecule has 0 fully saturated rings. The fraction of sp³-hybridized carbons (Fsp3) is 0.222. The van der Waals surface area contributed by atoms with Crippen molar-refractivity contribution in [3.8, 4) is 10.6 Å². The van der Waals surface area contributed by atoms with E-state index in [2.05, 4.69) is 34.7 Å². The average molecular weight is 342 g/mol. The number of hydrogen-bond donors (Lipinski definition) is 1. The Bertz CT molecular complexity index is 778. The summed E-state index contributed by atoms with van der Waals surface area (Å²) in [7, 11) is 0. The molecule has 118 valence electrons. The van der Waals surface area contributed by atoms with Crippen molar-refractivity contribution in [2.45, 2.75) is 26.3 Å². The molecule has 0 aliphatic rings. The van der Waals surface area contributed by atoms with Gasteiger partial charge in [-0.15, -0.1) is 22.7 Å². The van der Waals surface area contributed by atoms with Gasteiger partial charge in [-0.1, -0.05) is 6.07 Å². The topological polar surface area (TPSA) is 42.0 Å². The monoisotopic (exact) mass is 342 g/mol. The molecule has 3 nitrogen and oxygen atoms in total. The molecule has 0 spiro atoms. The largest absolute Gasteiger partial charge is 0.352 e. The van der Waals surface area contributed by atoms with E-state index in [1.807, 2.05) is 23.6 Å². The zero-order valence-electron chi connectivity index (χ0n) is 12.9. The lowest BCUT2D eigenvalue weighted by molar-refractivity contribution is -0.121. The maximum atomic E-state index is 12.0. The molecule has 0 bridgehead atoms. The number of rotatable bonds is 6. The van der Waals surface area contributed by atoms with Crippen LogP contribution in [0.15, 0.2) is 47.3 Å². The minimum Gasteiger partial charge on any atom is -0.352 e. The van der Waals surface area contributed by atoms with Crippen LogP contribution in [0.1, 0.15) is 22.4 Å². The number of aryl methyl sites for hydroxylation is 2. The van der Waals surface area contributed by atoms with Gasteiger partial charge < -0.3 is 5.32 Å². The maximum absolute atomic E-state index is 12.0. The zero-order chi connectivity index (χ0) is 16.1. The summed E-state index contributed by atoms with van der Waals surface area (Å²) in [6.45, 7) is 2.63. The van der Waals surface area contributed by atoms with E-state index in [1.165, 1.54) is 10.4 Å². The Kier molecular flexibility index (Phi) is 5.20. The molecule has 0 saturated heterocycles. The van der Waals surface area contributed by atoms with E-state index < -0.39 is 0 Å². The van der Waals surface area contributed by atoms with Crippen LogP contribution in [0.25, 0.3) is 10.6 Å². The number of nitrogens with zero attached hydrogens (tertiary/aromatic N) is 1. The van der Waals surface area contributed by atoms with Crippen LogP contribution in [0.5, 0.6) is 0 Å². The first-order valence-corrected chi connectivity index (χ1v) is 9.27. The molecule has 3 aromatic heterocycles. The summed E-state index contributed by atoms with van der Waals surface area (Å²) < 4.78 is 0. The highest BCUT2D eigenvalue weighted by molar-refractivity contribution is 7.13. The summed E-state index contributed by atoms with van der Waals surface area (Å²) in [5.74, 6) is 0.0901. The number of thiophene rings is 2. The molecule has 0 aromatic carbocycles. The third kappa shape index (κ3) is 4.27. The molecule has 1 N–H and O–H groups in total. The number of hydrogen-bond acceptors (Lipinski definition) is 4. The van der Waals surface area contributed by atoms with Crippen LogP contribution in [-0.2, 0) is 17.8 Å². The molecule has 0 aliphatic carbocycles. The van der Waals surface area contributed by atoms with Crippen LogP contribution in [-0.4, -0.2) is 10.9 Å². The highest BCUT2D eigenvalue weighted by Gasteiger charge is 2.06. The van der Waals surface area contributed by atoms with E-state index in [-0.39, 0.29) is 5.91 Å². The number of aromatic nitrogens is 1. The second-order valence-corrected chi connectivity index (χ2v) is 7.28. The van der Waals surface area contributed by atoms with E-state index in [4.69, 9.17) is 0 Å². The van der Waals surface area contributed by atoms with Crippen molar-refractivity contribution in [3.05, 3.63) is 63.3 Å². The molecule has 5 heteroatoms. The molecular formula is C18H18N2OS2. The summed E-state index contributed by atoms with van der Waals surface area (Å²) in [5.41, 5.74) is 3.31. The predicted molar refractivity (Wildman–Crippen MR) is 96.8 cm³/mol. The van der Waals surface area contributed by atoms with Crippen LogP contribution >= 0.6 is 22.7 Å². The molecule has 3 rings (SSSR count). The van der Waals surface area contributed by atoms with E-state index >= 15 is 0 Å². The van der Waals surface area contributed by atoms with E-state index in [0.29, 0.717) is 13.0 Å². The van der Waals surface area contributed by atoms with Crippen LogP contribution in [0.3, 0.4) is 0 Å². The normalized spacial score (nSPS) is 10.7. The molecule has 0 atom stereocenters. The van der Waals surface area contributed by atoms with Gasteiger partial charge in [0.15, 0.2) is 0 Å². The van der Waals surface area contributed by atoms with Gasteiger partial charge in [0.1, 0.15) is 0 Å². The van der Waals surface area contributed by atoms with Gasteiger partial charge in [-0.3, -0.25) is 9.78 Å². The fourth-order valence-electron chi connectivity index (χ4n) is 2.32. The summed E-state index contributed by atoms with van der Waals surface area (Å²) >= 11 is 3.39. The molecule has 1 amide bonds. The van der Waals surface area contributed by atoms with E-state index in [0.717, 1.165) is 22.6 Å². The van der Waals surface area contributed by atoms with Crippen molar-refractivity contribution >= 4 is 28.6 Å². The molecule has 0 saturated carbocycles. The fourth-order valence-corrected chi connectivity index (χ4v) is 3.92. The van der Waals surface area contributed by atoms with Gasteiger partial charge in [-0.05, 0) is 59.5 Å². The standard InChI is InChI=1S/C18H18N2OS2/c1-13-7-10-23-16(13)4-5-18(21)20-12-14-6-8-19-15(11-14)17-3-2-9-22-17/h2-3,6-11H,4-5,12H2,1H3,(H,20,21). The van der Waals surface area contributed by atoms with E-state index in [1.54, 1.807) is 28.9 Å². The molecular weight excluding hydrogens is 324 g/mol. The van der Waals surface area contributed by atoms with Gasteiger partial charge in [-0.2, -0.15) is 0 Å². The van der Waals surface area contributed by atoms with Crippen molar-refractivity contribution < 1.29 is 4.79 Å². The summed E-state index contributed by atoms with van der Waals surface area (Å²) in [4.78, 5) is 18.8. The average Bonchev–Trinajstić information content (AvgIpc) is 3.23. The first-order chi connectivity index (χ1) is 11.2. The van der Waals surface area contributed by atoms with Gasteiger partial charge in [0, 0.05) is 24.0 Å². The van der Waals surface area contributed by atoms with Crippen LogP contribution in [0.2, 0.25) is 0 Å². The van der Waals surface area contributed by atoms with Gasteiger partial charge in [0.05, 0.1) is 10.6 Å². The Labute approximate surface area is 144 Å². The summed E-state index contributed by atoms with van der Waals surface area (Å²) in [5, 5.41) is 7.11. The third-order valence-electron chi connectivity index (χ3n) is 3.63. The Balaban J connectivity index is 1.53. The number of nitrogens with one attached hydrogen (secondary N) is 1. The lowest BCUT2D eigenvalue weighted by Crippen LogP contribution is -2.23. The van der Waals surface area contributed by atoms with Crippen molar-refractivity contribution in [2.24, 2.45) is 0 Å². The van der Waals surface area contributed by atoms with Gasteiger partial charge >= 0.3 is 0 Å². The van der Waals surface area contributed by atoms with Gasteiger partial charge in [-0.25, -0.2) is 0 Å². The lowest BCUT2D eigenvalue weighted by Gasteiger charge is -2.06. The smallest absolute Gasteiger partial charge is 0.220 e. The number of pyridine rings is 1. The molecule has 0 radical (unpaired) electrons. The predicted octanol–water partition coefficient (Wildman–Crippen LogP) is 4.43. The zero-order valence-corrected chi connectivity index (χ0v) is 14.5. The number of carbonyl (C=O) groups is 1. The van der Waals surface area contributed by atoms with Crippen molar-refractivity contribution in [1.82, 2.24) is 10.3 Å². The van der Waals surface area contributed by atoms with Crippen molar-refractivity contribution in [3.63, 3.8) is 0 Å². The van der Waals surface area contributed by atoms with E-state index in [9.17, 15) is 4.79 Å². The highest BCUT2D eigenvalue weighted by atomic mass is 32.1. The third-order valence-corrected chi connectivity index (χ3v) is 5.61. The van der Waals surface area contributed by atoms with Crippen LogP contribution < -0.4 is 5.32 Å². The second-order valence-electron chi connectivity index (χ2n) is 5.33. The molecule has 3 heterocycles. The first-order valence-electron chi connectivity index (χ1n) is 7.51. The van der Waals surface area contributed by atoms with Crippen molar-refractivity contribution in [2.75, 3.05) is 0 Å². The lowest BCUT2D eigenvalue weighted by atomic mass is 10.2. The summed E-state index contributed by atoms with van der Waals surface area (Å²) in [6, 6.07) is 10.2. The maximum Gasteiger partial charge on any atom is 0.220 e. The van der Waals surface area contributed by atoms with Crippen molar-refractivity contribution in [1.29, 1.82) is 0 Å². The highest BCUT2D eigenvalue weighted by Crippen LogP contribution is 2.23. The Hall–Kier alpha value is -1.98. The van der Waals surface area contributed by atoms with Gasteiger partial charge in [0.25, 0.3) is 0 Å². The Morgan fingerprint density at radius 3 is 2.87 bits per heavy atom. The molecule has 0 aliphatic heterocycles. The minimum atomic E-state index is 0.0901. The van der Waals surface area contributed by atoms with Gasteiger partial charge in [0.2, 0.25) is 5.91 Å². The Morgan fingerprint density at radius 1 is 1.22 bits per heavy atom. The Morgan fingerprint density at radius 2 is 2.13 bits per heavy atom.